The quantitative estimate of drug-likeness (QED) is 0.848. The van der Waals surface area contributed by atoms with Crippen molar-refractivity contribution < 1.29 is 27.1 Å². The minimum atomic E-state index is -4.46. The molecule has 0 aliphatic carbocycles. The Balaban J connectivity index is 2.22. The van der Waals surface area contributed by atoms with E-state index in [1.165, 1.54) is 19.2 Å². The number of hydrogen-bond donors (Lipinski definition) is 1. The fourth-order valence-corrected chi connectivity index (χ4v) is 1.95. The number of carbonyl (C=O) groups is 1. The first-order valence-electron chi connectivity index (χ1n) is 6.55. The summed E-state index contributed by atoms with van der Waals surface area (Å²) in [6.07, 6.45) is -4.46. The number of hydrogen-bond acceptors (Lipinski definition) is 2. The van der Waals surface area contributed by atoms with E-state index in [4.69, 9.17) is 4.74 Å². The zero-order valence-corrected chi connectivity index (χ0v) is 12.3. The number of rotatable bonds is 3. The van der Waals surface area contributed by atoms with Crippen LogP contribution in [0.5, 0.6) is 5.75 Å². The Morgan fingerprint density at radius 1 is 1.13 bits per heavy atom. The summed E-state index contributed by atoms with van der Waals surface area (Å²) in [5.41, 5.74) is -0.00826. The van der Waals surface area contributed by atoms with Crippen molar-refractivity contribution in [3.8, 4) is 5.75 Å². The normalized spacial score (nSPS) is 11.2. The molecular weight excluding hydrogens is 314 g/mol. The molecule has 7 heteroatoms. The van der Waals surface area contributed by atoms with Crippen LogP contribution in [0.15, 0.2) is 36.4 Å². The molecule has 0 aliphatic rings. The standard InChI is InChI=1S/C16H13F4NO2/c1-9-7-12(17)14(23-2)8-13(9)21-15(22)10-3-5-11(6-4-10)16(18,19)20/h3-8H,1-2H3,(H,21,22). The van der Waals surface area contributed by atoms with Crippen LogP contribution in [0.2, 0.25) is 0 Å². The lowest BCUT2D eigenvalue weighted by molar-refractivity contribution is -0.137. The zero-order valence-electron chi connectivity index (χ0n) is 12.3. The first-order chi connectivity index (χ1) is 10.7. The average Bonchev–Trinajstić information content (AvgIpc) is 2.49. The second-order valence-electron chi connectivity index (χ2n) is 4.83. The van der Waals surface area contributed by atoms with Gasteiger partial charge in [0.15, 0.2) is 11.6 Å². The van der Waals surface area contributed by atoms with E-state index in [1.807, 2.05) is 0 Å². The van der Waals surface area contributed by atoms with Gasteiger partial charge in [0.25, 0.3) is 5.91 Å². The topological polar surface area (TPSA) is 38.3 Å². The number of alkyl halides is 3. The molecule has 2 aromatic rings. The molecule has 1 N–H and O–H groups in total. The van der Waals surface area contributed by atoms with Gasteiger partial charge in [-0.25, -0.2) is 4.39 Å². The van der Waals surface area contributed by atoms with E-state index in [0.717, 1.165) is 24.3 Å². The van der Waals surface area contributed by atoms with Crippen LogP contribution in [0.25, 0.3) is 0 Å². The maximum atomic E-state index is 13.5. The van der Waals surface area contributed by atoms with Crippen LogP contribution < -0.4 is 10.1 Å². The van der Waals surface area contributed by atoms with Crippen molar-refractivity contribution >= 4 is 11.6 Å². The number of anilines is 1. The number of benzene rings is 2. The molecule has 0 bridgehead atoms. The molecule has 0 saturated carbocycles. The fourth-order valence-electron chi connectivity index (χ4n) is 1.95. The number of halogens is 4. The Hall–Kier alpha value is -2.57. The third kappa shape index (κ3) is 3.80. The van der Waals surface area contributed by atoms with Gasteiger partial charge in [-0.2, -0.15) is 13.2 Å². The molecule has 0 saturated heterocycles. The van der Waals surface area contributed by atoms with Crippen molar-refractivity contribution in [1.29, 1.82) is 0 Å². The second kappa shape index (κ2) is 6.28. The van der Waals surface area contributed by atoms with Gasteiger partial charge in [0.1, 0.15) is 0 Å². The van der Waals surface area contributed by atoms with Crippen molar-refractivity contribution in [1.82, 2.24) is 0 Å². The summed E-state index contributed by atoms with van der Waals surface area (Å²) in [7, 11) is 1.29. The third-order valence-corrected chi connectivity index (χ3v) is 3.22. The van der Waals surface area contributed by atoms with Gasteiger partial charge in [-0.1, -0.05) is 0 Å². The molecule has 0 heterocycles. The number of amides is 1. The number of aryl methyl sites for hydroxylation is 1. The lowest BCUT2D eigenvalue weighted by atomic mass is 10.1. The number of nitrogens with one attached hydrogen (secondary N) is 1. The fraction of sp³-hybridized carbons (Fsp3) is 0.188. The van der Waals surface area contributed by atoms with Gasteiger partial charge in [-0.3, -0.25) is 4.79 Å². The van der Waals surface area contributed by atoms with Crippen LogP contribution in [0.4, 0.5) is 23.2 Å². The molecule has 0 spiro atoms. The predicted octanol–water partition coefficient (Wildman–Crippen LogP) is 4.41. The highest BCUT2D eigenvalue weighted by Gasteiger charge is 2.30. The molecule has 2 rings (SSSR count). The van der Waals surface area contributed by atoms with Gasteiger partial charge in [-0.05, 0) is 42.8 Å². The van der Waals surface area contributed by atoms with Gasteiger partial charge in [-0.15, -0.1) is 0 Å². The zero-order chi connectivity index (χ0) is 17.2. The van der Waals surface area contributed by atoms with E-state index >= 15 is 0 Å². The lowest BCUT2D eigenvalue weighted by Gasteiger charge is -2.12. The summed E-state index contributed by atoms with van der Waals surface area (Å²) in [5.74, 6) is -1.22. The van der Waals surface area contributed by atoms with E-state index in [-0.39, 0.29) is 11.3 Å². The maximum Gasteiger partial charge on any atom is 0.416 e. The summed E-state index contributed by atoms with van der Waals surface area (Å²) in [6.45, 7) is 1.59. The van der Waals surface area contributed by atoms with E-state index in [2.05, 4.69) is 5.32 Å². The van der Waals surface area contributed by atoms with Gasteiger partial charge in [0, 0.05) is 17.3 Å². The van der Waals surface area contributed by atoms with Gasteiger partial charge in [0.2, 0.25) is 0 Å². The molecule has 0 aliphatic heterocycles. The molecule has 122 valence electrons. The Bertz CT molecular complexity index is 724. The maximum absolute atomic E-state index is 13.5. The monoisotopic (exact) mass is 327 g/mol. The van der Waals surface area contributed by atoms with Crippen LogP contribution in [-0.2, 0) is 6.18 Å². The van der Waals surface area contributed by atoms with Crippen LogP contribution in [0, 0.1) is 12.7 Å². The Kier molecular flexibility index (Phi) is 4.58. The Labute approximate surface area is 129 Å². The molecule has 2 aromatic carbocycles. The van der Waals surface area contributed by atoms with Crippen LogP contribution >= 0.6 is 0 Å². The second-order valence-corrected chi connectivity index (χ2v) is 4.83. The van der Waals surface area contributed by atoms with Gasteiger partial charge >= 0.3 is 6.18 Å². The smallest absolute Gasteiger partial charge is 0.416 e. The van der Waals surface area contributed by atoms with Crippen LogP contribution in [-0.4, -0.2) is 13.0 Å². The molecule has 1 amide bonds. The molecule has 0 unspecified atom stereocenters. The molecule has 3 nitrogen and oxygen atoms in total. The van der Waals surface area contributed by atoms with Crippen molar-refractivity contribution in [3.63, 3.8) is 0 Å². The highest BCUT2D eigenvalue weighted by Crippen LogP contribution is 2.29. The SMILES string of the molecule is COc1cc(NC(=O)c2ccc(C(F)(F)F)cc2)c(C)cc1F. The summed E-state index contributed by atoms with van der Waals surface area (Å²) in [6, 6.07) is 6.32. The minimum Gasteiger partial charge on any atom is -0.494 e. The summed E-state index contributed by atoms with van der Waals surface area (Å²) < 4.78 is 55.8. The van der Waals surface area contributed by atoms with Crippen molar-refractivity contribution in [2.75, 3.05) is 12.4 Å². The van der Waals surface area contributed by atoms with Crippen molar-refractivity contribution in [2.45, 2.75) is 13.1 Å². The summed E-state index contributed by atoms with van der Waals surface area (Å²) in [5, 5.41) is 2.52. The highest BCUT2D eigenvalue weighted by atomic mass is 19.4. The highest BCUT2D eigenvalue weighted by molar-refractivity contribution is 6.04. The van der Waals surface area contributed by atoms with Crippen LogP contribution in [0.1, 0.15) is 21.5 Å². The van der Waals surface area contributed by atoms with Gasteiger partial charge < -0.3 is 10.1 Å². The molecule has 0 radical (unpaired) electrons. The van der Waals surface area contributed by atoms with Crippen molar-refractivity contribution in [3.05, 3.63) is 58.9 Å². The average molecular weight is 327 g/mol. The molecule has 0 atom stereocenters. The van der Waals surface area contributed by atoms with E-state index in [9.17, 15) is 22.4 Å². The van der Waals surface area contributed by atoms with Gasteiger partial charge in [0.05, 0.1) is 12.7 Å². The largest absolute Gasteiger partial charge is 0.494 e. The molecule has 0 fully saturated rings. The minimum absolute atomic E-state index is 0.0432. The van der Waals surface area contributed by atoms with Crippen molar-refractivity contribution in [2.24, 2.45) is 0 Å². The third-order valence-electron chi connectivity index (χ3n) is 3.22. The molecular formula is C16H13F4NO2. The molecule has 0 aromatic heterocycles. The van der Waals surface area contributed by atoms with Crippen LogP contribution in [0.3, 0.4) is 0 Å². The van der Waals surface area contributed by atoms with E-state index in [1.54, 1.807) is 6.92 Å². The van der Waals surface area contributed by atoms with E-state index in [0.29, 0.717) is 11.3 Å². The summed E-state index contributed by atoms with van der Waals surface area (Å²) >= 11 is 0. The number of carbonyl (C=O) groups excluding carboxylic acids is 1. The first-order valence-corrected chi connectivity index (χ1v) is 6.55. The molecule has 23 heavy (non-hydrogen) atoms. The Morgan fingerprint density at radius 3 is 2.26 bits per heavy atom. The first kappa shape index (κ1) is 16.8. The predicted molar refractivity (Wildman–Crippen MR) is 77.1 cm³/mol. The van der Waals surface area contributed by atoms with E-state index < -0.39 is 23.5 Å². The summed E-state index contributed by atoms with van der Waals surface area (Å²) in [4.78, 5) is 12.1. The number of methoxy groups -OCH3 is 1. The Morgan fingerprint density at radius 2 is 1.74 bits per heavy atom. The number of ether oxygens (including phenoxy) is 1. The lowest BCUT2D eigenvalue weighted by Crippen LogP contribution is -2.14.